The van der Waals surface area contributed by atoms with Crippen LogP contribution >= 0.6 is 11.8 Å². The largest absolute Gasteiger partial charge is 0.134 e. The fraction of sp³-hybridized carbons (Fsp3) is 0.833. The molecule has 0 aliphatic rings. The Labute approximate surface area is 88.2 Å². The zero-order valence-electron chi connectivity index (χ0n) is 9.22. The fourth-order valence-corrected chi connectivity index (χ4v) is 1.92. The van der Waals surface area contributed by atoms with E-state index >= 15 is 0 Å². The summed E-state index contributed by atoms with van der Waals surface area (Å²) in [6, 6.07) is 0. The molecule has 0 unspecified atom stereocenters. The molecular formula is C12H24S. The number of rotatable bonds is 9. The molecule has 1 heteroatoms. The van der Waals surface area contributed by atoms with Crippen LogP contribution in [-0.4, -0.2) is 5.75 Å². The zero-order chi connectivity index (χ0) is 9.78. The van der Waals surface area contributed by atoms with Crippen LogP contribution in [0.15, 0.2) is 11.5 Å². The van der Waals surface area contributed by atoms with Gasteiger partial charge in [-0.15, -0.1) is 11.8 Å². The van der Waals surface area contributed by atoms with E-state index in [-0.39, 0.29) is 0 Å². The van der Waals surface area contributed by atoms with E-state index < -0.39 is 0 Å². The van der Waals surface area contributed by atoms with E-state index in [1.807, 2.05) is 11.8 Å². The van der Waals surface area contributed by atoms with Crippen LogP contribution < -0.4 is 0 Å². The molecule has 0 heterocycles. The van der Waals surface area contributed by atoms with Gasteiger partial charge < -0.3 is 0 Å². The van der Waals surface area contributed by atoms with Crippen LogP contribution in [0, 0.1) is 0 Å². The molecule has 0 N–H and O–H groups in total. The van der Waals surface area contributed by atoms with Crippen molar-refractivity contribution < 1.29 is 0 Å². The second-order valence-corrected chi connectivity index (χ2v) is 4.46. The quantitative estimate of drug-likeness (QED) is 0.472. The molecule has 0 atom stereocenters. The molecule has 0 saturated heterocycles. The predicted octanol–water partition coefficient (Wildman–Crippen LogP) is 5.00. The van der Waals surface area contributed by atoms with Gasteiger partial charge in [0.25, 0.3) is 0 Å². The fourth-order valence-electron chi connectivity index (χ4n) is 1.14. The molecule has 0 fully saturated rings. The summed E-state index contributed by atoms with van der Waals surface area (Å²) in [4.78, 5) is 0. The minimum absolute atomic E-state index is 1.26. The number of hydrogen-bond donors (Lipinski definition) is 0. The third-order valence-corrected chi connectivity index (χ3v) is 2.94. The summed E-state index contributed by atoms with van der Waals surface area (Å²) in [7, 11) is 0. The van der Waals surface area contributed by atoms with E-state index in [4.69, 9.17) is 0 Å². The lowest BCUT2D eigenvalue weighted by Gasteiger charge is -1.95. The van der Waals surface area contributed by atoms with Gasteiger partial charge in [0.05, 0.1) is 0 Å². The highest BCUT2D eigenvalue weighted by atomic mass is 32.2. The van der Waals surface area contributed by atoms with Crippen LogP contribution in [0.4, 0.5) is 0 Å². The topological polar surface area (TPSA) is 0 Å². The van der Waals surface area contributed by atoms with Crippen molar-refractivity contribution in [2.24, 2.45) is 0 Å². The van der Waals surface area contributed by atoms with E-state index in [2.05, 4.69) is 25.3 Å². The zero-order valence-corrected chi connectivity index (χ0v) is 10.0. The third kappa shape index (κ3) is 12.1. The lowest BCUT2D eigenvalue weighted by atomic mass is 10.2. The van der Waals surface area contributed by atoms with Crippen molar-refractivity contribution in [3.05, 3.63) is 11.5 Å². The van der Waals surface area contributed by atoms with Crippen LogP contribution in [0.2, 0.25) is 0 Å². The summed E-state index contributed by atoms with van der Waals surface area (Å²) in [5.74, 6) is 1.31. The molecule has 0 rings (SSSR count). The SMILES string of the molecule is CCCCC=CSCCCCCC. The van der Waals surface area contributed by atoms with Crippen LogP contribution in [0.1, 0.15) is 58.8 Å². The Hall–Kier alpha value is 0.0900. The van der Waals surface area contributed by atoms with Crippen molar-refractivity contribution >= 4 is 11.8 Å². The molecule has 0 nitrogen and oxygen atoms in total. The third-order valence-electron chi connectivity index (χ3n) is 2.03. The van der Waals surface area contributed by atoms with Crippen LogP contribution in [0.5, 0.6) is 0 Å². The van der Waals surface area contributed by atoms with Gasteiger partial charge in [0, 0.05) is 0 Å². The summed E-state index contributed by atoms with van der Waals surface area (Å²) >= 11 is 1.97. The minimum atomic E-state index is 1.26. The Kier molecular flexibility index (Phi) is 12.2. The maximum absolute atomic E-state index is 2.31. The van der Waals surface area contributed by atoms with Crippen LogP contribution in [0.25, 0.3) is 0 Å². The molecule has 0 bridgehead atoms. The van der Waals surface area contributed by atoms with E-state index in [1.54, 1.807) is 0 Å². The van der Waals surface area contributed by atoms with Crippen LogP contribution in [0.3, 0.4) is 0 Å². The maximum Gasteiger partial charge on any atom is -0.00261 e. The van der Waals surface area contributed by atoms with Gasteiger partial charge in [-0.1, -0.05) is 52.0 Å². The lowest BCUT2D eigenvalue weighted by molar-refractivity contribution is 0.707. The molecule has 0 amide bonds. The highest BCUT2D eigenvalue weighted by molar-refractivity contribution is 8.02. The molecule has 13 heavy (non-hydrogen) atoms. The lowest BCUT2D eigenvalue weighted by Crippen LogP contribution is -1.78. The van der Waals surface area contributed by atoms with Crippen LogP contribution in [-0.2, 0) is 0 Å². The maximum atomic E-state index is 2.31. The van der Waals surface area contributed by atoms with Crippen molar-refractivity contribution in [1.29, 1.82) is 0 Å². The highest BCUT2D eigenvalue weighted by Gasteiger charge is 1.86. The number of thioether (sulfide) groups is 1. The first kappa shape index (κ1) is 13.1. The Morgan fingerprint density at radius 2 is 1.69 bits per heavy atom. The molecule has 0 aromatic rings. The van der Waals surface area contributed by atoms with Gasteiger partial charge in [-0.2, -0.15) is 0 Å². The molecule has 0 spiro atoms. The van der Waals surface area contributed by atoms with Gasteiger partial charge >= 0.3 is 0 Å². The minimum Gasteiger partial charge on any atom is -0.134 e. The highest BCUT2D eigenvalue weighted by Crippen LogP contribution is 2.09. The summed E-state index contributed by atoms with van der Waals surface area (Å²) in [6.07, 6.45) is 11.8. The first-order valence-corrected chi connectivity index (χ1v) is 6.73. The smallest absolute Gasteiger partial charge is 0.00261 e. The Bertz CT molecular complexity index is 108. The Balaban J connectivity index is 2.93. The first-order valence-electron chi connectivity index (χ1n) is 5.68. The van der Waals surface area contributed by atoms with E-state index in [1.165, 1.54) is 50.7 Å². The number of allylic oxidation sites excluding steroid dienone is 1. The average Bonchev–Trinajstić information content (AvgIpc) is 2.16. The van der Waals surface area contributed by atoms with Crippen molar-refractivity contribution in [3.8, 4) is 0 Å². The van der Waals surface area contributed by atoms with Gasteiger partial charge in [0.2, 0.25) is 0 Å². The van der Waals surface area contributed by atoms with Gasteiger partial charge in [0.15, 0.2) is 0 Å². The second kappa shape index (κ2) is 12.1. The number of unbranched alkanes of at least 4 members (excludes halogenated alkanes) is 5. The molecule has 0 aliphatic heterocycles. The molecule has 0 aliphatic carbocycles. The summed E-state index contributed by atoms with van der Waals surface area (Å²) in [6.45, 7) is 4.50. The van der Waals surface area contributed by atoms with E-state index in [9.17, 15) is 0 Å². The molecule has 0 radical (unpaired) electrons. The Morgan fingerprint density at radius 1 is 0.923 bits per heavy atom. The Morgan fingerprint density at radius 3 is 2.38 bits per heavy atom. The standard InChI is InChI=1S/C12H24S/c1-3-5-7-9-11-13-12-10-8-6-4-2/h9,11H,3-8,10,12H2,1-2H3. The summed E-state index contributed by atoms with van der Waals surface area (Å²) in [5, 5.41) is 2.28. The van der Waals surface area contributed by atoms with Gasteiger partial charge in [0.1, 0.15) is 0 Å². The van der Waals surface area contributed by atoms with Crippen molar-refractivity contribution in [1.82, 2.24) is 0 Å². The average molecular weight is 200 g/mol. The monoisotopic (exact) mass is 200 g/mol. The predicted molar refractivity (Wildman–Crippen MR) is 65.3 cm³/mol. The second-order valence-electron chi connectivity index (χ2n) is 3.45. The van der Waals surface area contributed by atoms with E-state index in [0.29, 0.717) is 0 Å². The van der Waals surface area contributed by atoms with Gasteiger partial charge in [-0.05, 0) is 24.0 Å². The molecule has 0 aromatic heterocycles. The van der Waals surface area contributed by atoms with Crippen molar-refractivity contribution in [3.63, 3.8) is 0 Å². The summed E-state index contributed by atoms with van der Waals surface area (Å²) < 4.78 is 0. The molecule has 78 valence electrons. The molecule has 0 saturated carbocycles. The molecular weight excluding hydrogens is 176 g/mol. The number of hydrogen-bond acceptors (Lipinski definition) is 1. The van der Waals surface area contributed by atoms with E-state index in [0.717, 1.165) is 0 Å². The summed E-state index contributed by atoms with van der Waals surface area (Å²) in [5.41, 5.74) is 0. The molecule has 0 aromatic carbocycles. The van der Waals surface area contributed by atoms with Crippen molar-refractivity contribution in [2.75, 3.05) is 5.75 Å². The van der Waals surface area contributed by atoms with Gasteiger partial charge in [-0.3, -0.25) is 0 Å². The first-order chi connectivity index (χ1) is 6.41. The normalized spacial score (nSPS) is 11.2. The van der Waals surface area contributed by atoms with Crippen molar-refractivity contribution in [2.45, 2.75) is 58.8 Å². The van der Waals surface area contributed by atoms with Gasteiger partial charge in [-0.25, -0.2) is 0 Å².